The van der Waals surface area contributed by atoms with E-state index in [0.717, 1.165) is 6.42 Å². The van der Waals surface area contributed by atoms with Gasteiger partial charge in [-0.3, -0.25) is 0 Å². The van der Waals surface area contributed by atoms with Crippen molar-refractivity contribution in [3.63, 3.8) is 0 Å². The molecule has 0 saturated carbocycles. The summed E-state index contributed by atoms with van der Waals surface area (Å²) in [4.78, 5) is 0. The first-order valence-electron chi connectivity index (χ1n) is 4.89. The Bertz CT molecular complexity index is 229. The molecule has 5 nitrogen and oxygen atoms in total. The molecule has 0 aromatic rings. The van der Waals surface area contributed by atoms with Crippen molar-refractivity contribution in [1.82, 2.24) is 9.44 Å². The molecule has 0 aliphatic rings. The first kappa shape index (κ1) is 13.8. The molecule has 6 heteroatoms. The van der Waals surface area contributed by atoms with Crippen LogP contribution in [-0.2, 0) is 10.2 Å². The largest absolute Gasteiger partial charge is 0.396 e. The standard InChI is InChI=1S/C8H20N2O3S/c1-3-6-9-14(12,13)10-8(2)5-4-7-11/h8-11H,3-7H2,1-2H3. The molecule has 0 aromatic heterocycles. The maximum atomic E-state index is 11.3. The normalized spacial score (nSPS) is 14.2. The summed E-state index contributed by atoms with van der Waals surface area (Å²) in [6.07, 6.45) is 2.02. The molecule has 1 atom stereocenters. The molecule has 0 rings (SSSR count). The van der Waals surface area contributed by atoms with Crippen LogP contribution in [0.5, 0.6) is 0 Å². The molecule has 0 bridgehead atoms. The van der Waals surface area contributed by atoms with Crippen LogP contribution in [0.3, 0.4) is 0 Å². The highest BCUT2D eigenvalue weighted by molar-refractivity contribution is 7.87. The van der Waals surface area contributed by atoms with Crippen molar-refractivity contribution in [3.05, 3.63) is 0 Å². The molecule has 0 fully saturated rings. The molecule has 0 aromatic carbocycles. The van der Waals surface area contributed by atoms with E-state index in [4.69, 9.17) is 5.11 Å². The monoisotopic (exact) mass is 224 g/mol. The SMILES string of the molecule is CCCNS(=O)(=O)NC(C)CCCO. The van der Waals surface area contributed by atoms with Crippen molar-refractivity contribution in [3.8, 4) is 0 Å². The molecule has 0 amide bonds. The lowest BCUT2D eigenvalue weighted by molar-refractivity contribution is 0.279. The van der Waals surface area contributed by atoms with Crippen molar-refractivity contribution in [2.24, 2.45) is 0 Å². The summed E-state index contributed by atoms with van der Waals surface area (Å²) in [5, 5.41) is 8.56. The zero-order valence-electron chi connectivity index (χ0n) is 8.78. The van der Waals surface area contributed by atoms with Gasteiger partial charge < -0.3 is 5.11 Å². The molecule has 86 valence electrons. The van der Waals surface area contributed by atoms with Crippen LogP contribution in [0.2, 0.25) is 0 Å². The van der Waals surface area contributed by atoms with Crippen LogP contribution in [0.4, 0.5) is 0 Å². The highest BCUT2D eigenvalue weighted by Crippen LogP contribution is 1.96. The summed E-state index contributed by atoms with van der Waals surface area (Å²) in [5.41, 5.74) is 0. The fourth-order valence-corrected chi connectivity index (χ4v) is 2.20. The van der Waals surface area contributed by atoms with E-state index in [9.17, 15) is 8.42 Å². The van der Waals surface area contributed by atoms with Crippen LogP contribution in [0, 0.1) is 0 Å². The summed E-state index contributed by atoms with van der Waals surface area (Å²) < 4.78 is 27.4. The zero-order chi connectivity index (χ0) is 11.0. The molecule has 0 saturated heterocycles. The minimum Gasteiger partial charge on any atom is -0.396 e. The van der Waals surface area contributed by atoms with Gasteiger partial charge in [-0.25, -0.2) is 4.72 Å². The first-order chi connectivity index (χ1) is 6.52. The maximum Gasteiger partial charge on any atom is 0.277 e. The third kappa shape index (κ3) is 7.25. The third-order valence-corrected chi connectivity index (χ3v) is 2.99. The molecule has 3 N–H and O–H groups in total. The summed E-state index contributed by atoms with van der Waals surface area (Å²) in [6, 6.07) is -0.142. The summed E-state index contributed by atoms with van der Waals surface area (Å²) in [6.45, 7) is 4.22. The smallest absolute Gasteiger partial charge is 0.277 e. The second kappa shape index (κ2) is 7.17. The molecule has 0 heterocycles. The predicted octanol–water partition coefficient (Wildman–Crippen LogP) is -0.0186. The molecular weight excluding hydrogens is 204 g/mol. The van der Waals surface area contributed by atoms with E-state index >= 15 is 0 Å². The van der Waals surface area contributed by atoms with Gasteiger partial charge in [-0.2, -0.15) is 13.1 Å². The third-order valence-electron chi connectivity index (χ3n) is 1.69. The van der Waals surface area contributed by atoms with E-state index in [2.05, 4.69) is 9.44 Å². The minimum atomic E-state index is -3.36. The second-order valence-electron chi connectivity index (χ2n) is 3.28. The van der Waals surface area contributed by atoms with E-state index in [1.165, 1.54) is 0 Å². The summed E-state index contributed by atoms with van der Waals surface area (Å²) >= 11 is 0. The lowest BCUT2D eigenvalue weighted by Crippen LogP contribution is -2.41. The topological polar surface area (TPSA) is 78.4 Å². The Morgan fingerprint density at radius 1 is 1.43 bits per heavy atom. The van der Waals surface area contributed by atoms with E-state index in [0.29, 0.717) is 19.4 Å². The van der Waals surface area contributed by atoms with Crippen LogP contribution in [0.15, 0.2) is 0 Å². The number of aliphatic hydroxyl groups is 1. The molecule has 14 heavy (non-hydrogen) atoms. The van der Waals surface area contributed by atoms with Gasteiger partial charge >= 0.3 is 0 Å². The predicted molar refractivity (Wildman–Crippen MR) is 56.1 cm³/mol. The Kier molecular flexibility index (Phi) is 7.08. The van der Waals surface area contributed by atoms with E-state index < -0.39 is 10.2 Å². The van der Waals surface area contributed by atoms with Crippen LogP contribution < -0.4 is 9.44 Å². The van der Waals surface area contributed by atoms with Crippen LogP contribution in [0.25, 0.3) is 0 Å². The van der Waals surface area contributed by atoms with Gasteiger partial charge in [-0.15, -0.1) is 0 Å². The van der Waals surface area contributed by atoms with Gasteiger partial charge in [0.05, 0.1) is 0 Å². The van der Waals surface area contributed by atoms with E-state index in [1.807, 2.05) is 6.92 Å². The summed E-state index contributed by atoms with van der Waals surface area (Å²) in [5.74, 6) is 0. The highest BCUT2D eigenvalue weighted by Gasteiger charge is 2.12. The Morgan fingerprint density at radius 3 is 2.57 bits per heavy atom. The number of hydrogen-bond acceptors (Lipinski definition) is 3. The Balaban J connectivity index is 3.83. The molecule has 1 unspecified atom stereocenters. The molecule has 0 spiro atoms. The zero-order valence-corrected chi connectivity index (χ0v) is 9.60. The van der Waals surface area contributed by atoms with Crippen molar-refractivity contribution < 1.29 is 13.5 Å². The number of aliphatic hydroxyl groups excluding tert-OH is 1. The fourth-order valence-electron chi connectivity index (χ4n) is 0.999. The quantitative estimate of drug-likeness (QED) is 0.542. The molecule has 0 aliphatic heterocycles. The van der Waals surface area contributed by atoms with Gasteiger partial charge in [-0.1, -0.05) is 6.92 Å². The van der Waals surface area contributed by atoms with Gasteiger partial charge in [0.2, 0.25) is 0 Å². The minimum absolute atomic E-state index is 0.0917. The van der Waals surface area contributed by atoms with Gasteiger partial charge in [0.25, 0.3) is 10.2 Å². The number of nitrogens with one attached hydrogen (secondary N) is 2. The lowest BCUT2D eigenvalue weighted by atomic mass is 10.2. The Morgan fingerprint density at radius 2 is 2.07 bits per heavy atom. The average molecular weight is 224 g/mol. The number of hydrogen-bond donors (Lipinski definition) is 3. The van der Waals surface area contributed by atoms with Gasteiger partial charge in [0.1, 0.15) is 0 Å². The van der Waals surface area contributed by atoms with Crippen molar-refractivity contribution in [1.29, 1.82) is 0 Å². The van der Waals surface area contributed by atoms with Crippen molar-refractivity contribution in [2.45, 2.75) is 39.2 Å². The highest BCUT2D eigenvalue weighted by atomic mass is 32.2. The van der Waals surface area contributed by atoms with Gasteiger partial charge in [0.15, 0.2) is 0 Å². The fraction of sp³-hybridized carbons (Fsp3) is 1.00. The lowest BCUT2D eigenvalue weighted by Gasteiger charge is -2.13. The Labute approximate surface area is 86.1 Å². The Hall–Kier alpha value is -0.170. The maximum absolute atomic E-state index is 11.3. The number of rotatable bonds is 8. The molecular formula is C8H20N2O3S. The van der Waals surface area contributed by atoms with Crippen LogP contribution in [0.1, 0.15) is 33.1 Å². The van der Waals surface area contributed by atoms with E-state index in [-0.39, 0.29) is 12.6 Å². The van der Waals surface area contributed by atoms with Crippen LogP contribution in [-0.4, -0.2) is 32.7 Å². The van der Waals surface area contributed by atoms with Gasteiger partial charge in [0, 0.05) is 19.2 Å². The second-order valence-corrected chi connectivity index (χ2v) is 4.81. The van der Waals surface area contributed by atoms with E-state index in [1.54, 1.807) is 6.92 Å². The average Bonchev–Trinajstić information content (AvgIpc) is 2.11. The van der Waals surface area contributed by atoms with Crippen molar-refractivity contribution in [2.75, 3.05) is 13.2 Å². The van der Waals surface area contributed by atoms with Gasteiger partial charge in [-0.05, 0) is 26.2 Å². The first-order valence-corrected chi connectivity index (χ1v) is 6.38. The molecule has 0 radical (unpaired) electrons. The van der Waals surface area contributed by atoms with Crippen LogP contribution >= 0.6 is 0 Å². The van der Waals surface area contributed by atoms with Crippen molar-refractivity contribution >= 4 is 10.2 Å². The summed E-state index contributed by atoms with van der Waals surface area (Å²) in [7, 11) is -3.36. The molecule has 0 aliphatic carbocycles.